The van der Waals surface area contributed by atoms with E-state index in [1.54, 1.807) is 24.3 Å². The maximum Gasteiger partial charge on any atom is 0.307 e. The summed E-state index contributed by atoms with van der Waals surface area (Å²) in [5, 5.41) is 14.2. The van der Waals surface area contributed by atoms with E-state index in [-0.39, 0.29) is 11.5 Å². The number of phenols is 1. The zero-order valence-corrected chi connectivity index (χ0v) is 13.6. The highest BCUT2D eigenvalue weighted by atomic mass is 16.5. The topological polar surface area (TPSA) is 93.3 Å². The summed E-state index contributed by atoms with van der Waals surface area (Å²) in [4.78, 5) is 12.2. The van der Waals surface area contributed by atoms with E-state index in [0.717, 1.165) is 5.39 Å². The fraction of sp³-hybridized carbons (Fsp3) is 0.111. The van der Waals surface area contributed by atoms with Gasteiger partial charge in [0.25, 0.3) is 0 Å². The minimum Gasteiger partial charge on any atom is -0.504 e. The molecule has 0 spiro atoms. The number of fused-ring (bicyclic) bond motifs is 1. The smallest absolute Gasteiger partial charge is 0.307 e. The van der Waals surface area contributed by atoms with Crippen molar-refractivity contribution in [3.63, 3.8) is 0 Å². The number of furan rings is 1. The highest BCUT2D eigenvalue weighted by molar-refractivity contribution is 5.97. The Labute approximate surface area is 143 Å². The van der Waals surface area contributed by atoms with E-state index >= 15 is 0 Å². The van der Waals surface area contributed by atoms with Crippen molar-refractivity contribution in [2.75, 3.05) is 14.2 Å². The van der Waals surface area contributed by atoms with Gasteiger partial charge in [-0.1, -0.05) is 12.1 Å². The van der Waals surface area contributed by atoms with Crippen LogP contribution in [0.3, 0.4) is 0 Å². The standard InChI is InChI=1S/C18H16N2O5/c1-23-14-5-3-4-12-9-16(25-17(12)14)18(22)20-19-10-11-6-7-13(21)15(8-11)24-2/h3-10,21H,1-2H3,(H,20,22)/b19-10-. The normalized spacial score (nSPS) is 11.0. The molecule has 0 fully saturated rings. The summed E-state index contributed by atoms with van der Waals surface area (Å²) in [7, 11) is 2.99. The van der Waals surface area contributed by atoms with Crippen LogP contribution in [0.15, 0.2) is 52.0 Å². The number of para-hydroxylation sites is 1. The molecule has 0 atom stereocenters. The maximum atomic E-state index is 12.2. The van der Waals surface area contributed by atoms with Crippen molar-refractivity contribution in [2.24, 2.45) is 5.10 Å². The first-order chi connectivity index (χ1) is 12.1. The van der Waals surface area contributed by atoms with Crippen molar-refractivity contribution in [1.82, 2.24) is 5.43 Å². The van der Waals surface area contributed by atoms with Crippen molar-refractivity contribution in [1.29, 1.82) is 0 Å². The number of hydrogen-bond acceptors (Lipinski definition) is 6. The molecule has 3 rings (SSSR count). The third kappa shape index (κ3) is 3.40. The lowest BCUT2D eigenvalue weighted by Gasteiger charge is -2.03. The Morgan fingerprint density at radius 2 is 1.96 bits per heavy atom. The number of methoxy groups -OCH3 is 2. The summed E-state index contributed by atoms with van der Waals surface area (Å²) in [5.74, 6) is 0.538. The second-order valence-corrected chi connectivity index (χ2v) is 5.12. The van der Waals surface area contributed by atoms with E-state index in [0.29, 0.717) is 22.6 Å². The van der Waals surface area contributed by atoms with Gasteiger partial charge in [0.15, 0.2) is 28.6 Å². The van der Waals surface area contributed by atoms with Gasteiger partial charge in [-0.25, -0.2) is 5.43 Å². The zero-order valence-electron chi connectivity index (χ0n) is 13.6. The molecule has 0 bridgehead atoms. The van der Waals surface area contributed by atoms with Crippen molar-refractivity contribution in [3.05, 3.63) is 53.8 Å². The van der Waals surface area contributed by atoms with Gasteiger partial charge in [0.1, 0.15) is 0 Å². The van der Waals surface area contributed by atoms with E-state index in [4.69, 9.17) is 13.9 Å². The molecular formula is C18H16N2O5. The Bertz CT molecular complexity index is 946. The van der Waals surface area contributed by atoms with Crippen LogP contribution in [-0.2, 0) is 0 Å². The SMILES string of the molecule is COc1cc(/C=N\NC(=O)c2cc3cccc(OC)c3o2)ccc1O. The van der Waals surface area contributed by atoms with Gasteiger partial charge in [0.2, 0.25) is 0 Å². The zero-order chi connectivity index (χ0) is 17.8. The number of carbonyl (C=O) groups excluding carboxylic acids is 1. The lowest BCUT2D eigenvalue weighted by molar-refractivity contribution is 0.0929. The number of hydrazone groups is 1. The number of phenolic OH excluding ortho intramolecular Hbond substituents is 1. The van der Waals surface area contributed by atoms with Gasteiger partial charge >= 0.3 is 5.91 Å². The average Bonchev–Trinajstić information content (AvgIpc) is 3.07. The van der Waals surface area contributed by atoms with Crippen LogP contribution >= 0.6 is 0 Å². The number of amides is 1. The van der Waals surface area contributed by atoms with Crippen LogP contribution in [-0.4, -0.2) is 31.4 Å². The van der Waals surface area contributed by atoms with Crippen LogP contribution in [0.4, 0.5) is 0 Å². The summed E-state index contributed by atoms with van der Waals surface area (Å²) < 4.78 is 15.8. The minimum absolute atomic E-state index is 0.0277. The van der Waals surface area contributed by atoms with Crippen molar-refractivity contribution in [3.8, 4) is 17.2 Å². The molecule has 0 radical (unpaired) electrons. The van der Waals surface area contributed by atoms with Crippen LogP contribution in [0.1, 0.15) is 16.1 Å². The summed E-state index contributed by atoms with van der Waals surface area (Å²) in [5.41, 5.74) is 3.55. The molecule has 128 valence electrons. The molecule has 2 aromatic carbocycles. The molecular weight excluding hydrogens is 324 g/mol. The van der Waals surface area contributed by atoms with Crippen molar-refractivity contribution < 1.29 is 23.8 Å². The Hall–Kier alpha value is -3.48. The number of aromatic hydroxyl groups is 1. The van der Waals surface area contributed by atoms with Gasteiger partial charge in [-0.2, -0.15) is 5.10 Å². The molecule has 1 aromatic heterocycles. The van der Waals surface area contributed by atoms with Gasteiger partial charge in [-0.3, -0.25) is 4.79 Å². The van der Waals surface area contributed by atoms with E-state index in [2.05, 4.69) is 10.5 Å². The largest absolute Gasteiger partial charge is 0.504 e. The third-order valence-electron chi connectivity index (χ3n) is 3.54. The first kappa shape index (κ1) is 16.4. The van der Waals surface area contributed by atoms with Crippen LogP contribution in [0.25, 0.3) is 11.0 Å². The lowest BCUT2D eigenvalue weighted by Crippen LogP contribution is -2.16. The molecule has 0 aliphatic heterocycles. The summed E-state index contributed by atoms with van der Waals surface area (Å²) >= 11 is 0. The molecule has 0 unspecified atom stereocenters. The maximum absolute atomic E-state index is 12.2. The van der Waals surface area contributed by atoms with Crippen LogP contribution in [0.5, 0.6) is 17.2 Å². The van der Waals surface area contributed by atoms with E-state index in [1.807, 2.05) is 12.1 Å². The summed E-state index contributed by atoms with van der Waals surface area (Å²) in [6.45, 7) is 0. The molecule has 25 heavy (non-hydrogen) atoms. The molecule has 1 heterocycles. The highest BCUT2D eigenvalue weighted by Gasteiger charge is 2.14. The van der Waals surface area contributed by atoms with Gasteiger partial charge in [0, 0.05) is 5.39 Å². The predicted octanol–water partition coefficient (Wildman–Crippen LogP) is 2.92. The van der Waals surface area contributed by atoms with Gasteiger partial charge < -0.3 is 19.0 Å². The number of hydrogen-bond donors (Lipinski definition) is 2. The number of rotatable bonds is 5. The molecule has 2 N–H and O–H groups in total. The number of carbonyl (C=O) groups is 1. The van der Waals surface area contributed by atoms with Crippen LogP contribution in [0, 0.1) is 0 Å². The highest BCUT2D eigenvalue weighted by Crippen LogP contribution is 2.28. The Kier molecular flexibility index (Phi) is 4.56. The minimum atomic E-state index is -0.486. The molecule has 0 saturated carbocycles. The monoisotopic (exact) mass is 340 g/mol. The number of ether oxygens (including phenoxy) is 2. The predicted molar refractivity (Wildman–Crippen MR) is 92.5 cm³/mol. The summed E-state index contributed by atoms with van der Waals surface area (Å²) in [6, 6.07) is 11.7. The van der Waals surface area contributed by atoms with Crippen LogP contribution < -0.4 is 14.9 Å². The first-order valence-electron chi connectivity index (χ1n) is 7.39. The number of nitrogens with zero attached hydrogens (tertiary/aromatic N) is 1. The molecule has 7 nitrogen and oxygen atoms in total. The molecule has 3 aromatic rings. The van der Waals surface area contributed by atoms with Gasteiger partial charge in [-0.05, 0) is 35.9 Å². The molecule has 0 saturated heterocycles. The Morgan fingerprint density at radius 1 is 1.16 bits per heavy atom. The fourth-order valence-corrected chi connectivity index (χ4v) is 2.30. The van der Waals surface area contributed by atoms with E-state index in [9.17, 15) is 9.90 Å². The second kappa shape index (κ2) is 6.96. The Morgan fingerprint density at radius 3 is 2.72 bits per heavy atom. The fourth-order valence-electron chi connectivity index (χ4n) is 2.30. The number of benzene rings is 2. The van der Waals surface area contributed by atoms with Crippen molar-refractivity contribution >= 4 is 23.1 Å². The molecule has 0 aliphatic rings. The van der Waals surface area contributed by atoms with Gasteiger partial charge in [0.05, 0.1) is 20.4 Å². The lowest BCUT2D eigenvalue weighted by atomic mass is 10.2. The summed E-state index contributed by atoms with van der Waals surface area (Å²) in [6.07, 6.45) is 1.43. The van der Waals surface area contributed by atoms with E-state index < -0.39 is 5.91 Å². The third-order valence-corrected chi connectivity index (χ3v) is 3.54. The first-order valence-corrected chi connectivity index (χ1v) is 7.39. The van der Waals surface area contributed by atoms with E-state index in [1.165, 1.54) is 26.5 Å². The van der Waals surface area contributed by atoms with Gasteiger partial charge in [-0.15, -0.1) is 0 Å². The quantitative estimate of drug-likeness (QED) is 0.550. The van der Waals surface area contributed by atoms with Crippen LogP contribution in [0.2, 0.25) is 0 Å². The second-order valence-electron chi connectivity index (χ2n) is 5.12. The molecule has 1 amide bonds. The number of nitrogens with one attached hydrogen (secondary N) is 1. The average molecular weight is 340 g/mol. The van der Waals surface area contributed by atoms with Crippen molar-refractivity contribution in [2.45, 2.75) is 0 Å². The Balaban J connectivity index is 1.74. The molecule has 0 aliphatic carbocycles. The molecule has 7 heteroatoms.